The van der Waals surface area contributed by atoms with Gasteiger partial charge in [-0.3, -0.25) is 14.3 Å². The van der Waals surface area contributed by atoms with Crippen molar-refractivity contribution >= 4 is 17.5 Å². The van der Waals surface area contributed by atoms with Gasteiger partial charge in [0.15, 0.2) is 5.82 Å². The molecular weight excluding hydrogens is 457 g/mol. The predicted octanol–water partition coefficient (Wildman–Crippen LogP) is 4.72. The Balaban J connectivity index is 1.45. The molecule has 36 heavy (non-hydrogen) atoms. The molecule has 8 heteroatoms. The van der Waals surface area contributed by atoms with Gasteiger partial charge >= 0.3 is 0 Å². The quantitative estimate of drug-likeness (QED) is 0.430. The first-order valence-corrected chi connectivity index (χ1v) is 11.8. The van der Waals surface area contributed by atoms with Gasteiger partial charge in [-0.2, -0.15) is 5.10 Å². The summed E-state index contributed by atoms with van der Waals surface area (Å²) in [5, 5.41) is 7.53. The van der Waals surface area contributed by atoms with Crippen LogP contribution in [0.3, 0.4) is 0 Å². The maximum absolute atomic E-state index is 13.4. The Morgan fingerprint density at radius 2 is 1.78 bits per heavy atom. The summed E-state index contributed by atoms with van der Waals surface area (Å²) in [5.41, 5.74) is 3.43. The van der Waals surface area contributed by atoms with E-state index >= 15 is 0 Å². The van der Waals surface area contributed by atoms with Gasteiger partial charge in [0.05, 0.1) is 5.92 Å². The van der Waals surface area contributed by atoms with Crippen LogP contribution in [0.2, 0.25) is 0 Å². The first-order chi connectivity index (χ1) is 17.4. The molecule has 1 aliphatic heterocycles. The number of carbonyl (C=O) groups excluding carboxylic acids is 2. The minimum Gasteiger partial charge on any atom is -0.348 e. The van der Waals surface area contributed by atoms with Crippen molar-refractivity contribution in [3.8, 4) is 0 Å². The average Bonchev–Trinajstić information content (AvgIpc) is 3.53. The van der Waals surface area contributed by atoms with Gasteiger partial charge < -0.3 is 10.2 Å². The van der Waals surface area contributed by atoms with Gasteiger partial charge in [-0.25, -0.2) is 9.37 Å². The van der Waals surface area contributed by atoms with E-state index < -0.39 is 0 Å². The van der Waals surface area contributed by atoms with Crippen LogP contribution in [0.5, 0.6) is 0 Å². The number of aromatic nitrogens is 3. The highest BCUT2D eigenvalue weighted by atomic mass is 19.1. The first kappa shape index (κ1) is 23.4. The third-order valence-electron chi connectivity index (χ3n) is 6.32. The van der Waals surface area contributed by atoms with Crippen LogP contribution in [0.1, 0.15) is 63.5 Å². The smallest absolute Gasteiger partial charge is 0.258 e. The molecule has 1 N–H and O–H groups in total. The Kier molecular flexibility index (Phi) is 6.33. The van der Waals surface area contributed by atoms with Gasteiger partial charge in [0.1, 0.15) is 12.1 Å². The third-order valence-corrected chi connectivity index (χ3v) is 6.32. The number of hydrogen-bond donors (Lipinski definition) is 1. The highest BCUT2D eigenvalue weighted by Crippen LogP contribution is 2.40. The number of halogens is 1. The molecule has 0 unspecified atom stereocenters. The van der Waals surface area contributed by atoms with Crippen LogP contribution >= 0.6 is 0 Å². The predicted molar refractivity (Wildman–Crippen MR) is 134 cm³/mol. The van der Waals surface area contributed by atoms with Crippen molar-refractivity contribution in [1.29, 1.82) is 0 Å². The molecule has 0 fully saturated rings. The van der Waals surface area contributed by atoms with Crippen LogP contribution < -0.4 is 10.2 Å². The highest BCUT2D eigenvalue weighted by Gasteiger charge is 2.36. The van der Waals surface area contributed by atoms with Crippen molar-refractivity contribution < 1.29 is 14.0 Å². The largest absolute Gasteiger partial charge is 0.348 e. The van der Waals surface area contributed by atoms with Gasteiger partial charge in [0.25, 0.3) is 11.8 Å². The molecule has 0 bridgehead atoms. The first-order valence-electron chi connectivity index (χ1n) is 11.8. The Labute approximate surface area is 208 Å². The fraction of sp³-hybridized carbons (Fsp3) is 0.214. The van der Waals surface area contributed by atoms with E-state index in [9.17, 15) is 14.0 Å². The van der Waals surface area contributed by atoms with E-state index in [0.717, 1.165) is 16.8 Å². The number of nitrogens with zero attached hydrogens (tertiary/aromatic N) is 4. The van der Waals surface area contributed by atoms with Gasteiger partial charge in [0.2, 0.25) is 0 Å². The van der Waals surface area contributed by atoms with E-state index in [1.165, 1.54) is 12.1 Å². The van der Waals surface area contributed by atoms with E-state index in [-0.39, 0.29) is 36.1 Å². The molecule has 0 saturated carbocycles. The van der Waals surface area contributed by atoms with E-state index in [1.54, 1.807) is 46.2 Å². The lowest BCUT2D eigenvalue weighted by Crippen LogP contribution is -2.30. The van der Waals surface area contributed by atoms with E-state index in [1.807, 2.05) is 44.2 Å². The lowest BCUT2D eigenvalue weighted by atomic mass is 9.98. The number of nitrogens with one attached hydrogen (secondary N) is 1. The van der Waals surface area contributed by atoms with Crippen molar-refractivity contribution in [3.05, 3.63) is 113 Å². The summed E-state index contributed by atoms with van der Waals surface area (Å²) < 4.78 is 15.0. The molecule has 7 nitrogen and oxygen atoms in total. The molecule has 182 valence electrons. The molecule has 1 aromatic heterocycles. The number of anilines is 1. The number of benzene rings is 3. The topological polar surface area (TPSA) is 80.1 Å². The van der Waals surface area contributed by atoms with Crippen LogP contribution in [-0.2, 0) is 6.54 Å². The zero-order valence-electron chi connectivity index (χ0n) is 20.1. The lowest BCUT2D eigenvalue weighted by molar-refractivity contribution is 0.0949. The maximum atomic E-state index is 13.4. The molecule has 0 spiro atoms. The van der Waals surface area contributed by atoms with Crippen LogP contribution in [0, 0.1) is 5.82 Å². The minimum absolute atomic E-state index is 0.115. The zero-order valence-corrected chi connectivity index (χ0v) is 20.1. The molecule has 0 saturated heterocycles. The van der Waals surface area contributed by atoms with Gasteiger partial charge in [-0.15, -0.1) is 0 Å². The molecular formula is C28H26FN5O2. The Hall–Kier alpha value is -4.33. The second-order valence-corrected chi connectivity index (χ2v) is 9.09. The molecule has 1 atom stereocenters. The van der Waals surface area contributed by atoms with Gasteiger partial charge in [-0.1, -0.05) is 30.3 Å². The number of amides is 2. The molecule has 0 aliphatic carbocycles. The molecule has 2 heterocycles. The van der Waals surface area contributed by atoms with Crippen molar-refractivity contribution in [2.75, 3.05) is 11.4 Å². The number of rotatable bonds is 6. The average molecular weight is 484 g/mol. The standard InChI is InChI=1S/C28H26FN5O2/c1-18(2)34-17-31-26(32-34)24-16-33(28(36)20-6-4-3-5-7-20)25-13-10-21(14-23(24)25)27(35)30-15-19-8-11-22(29)12-9-19/h3-14,17-18,24H,15-16H2,1-2H3,(H,30,35)/t24-/m0/s1. The van der Waals surface area contributed by atoms with Gasteiger partial charge in [0, 0.05) is 35.9 Å². The number of hydrogen-bond acceptors (Lipinski definition) is 4. The normalized spacial score (nSPS) is 14.7. The van der Waals surface area contributed by atoms with Crippen molar-refractivity contribution in [1.82, 2.24) is 20.1 Å². The SMILES string of the molecule is CC(C)n1cnc([C@H]2CN(C(=O)c3ccccc3)c3ccc(C(=O)NCc4ccc(F)cc4)cc32)n1. The highest BCUT2D eigenvalue weighted by molar-refractivity contribution is 6.08. The molecule has 0 radical (unpaired) electrons. The number of fused-ring (bicyclic) bond motifs is 1. The summed E-state index contributed by atoms with van der Waals surface area (Å²) in [7, 11) is 0. The van der Waals surface area contributed by atoms with Crippen molar-refractivity contribution in [3.63, 3.8) is 0 Å². The van der Waals surface area contributed by atoms with E-state index in [4.69, 9.17) is 0 Å². The molecule has 1 aliphatic rings. The lowest BCUT2D eigenvalue weighted by Gasteiger charge is -2.18. The number of carbonyl (C=O) groups is 2. The van der Waals surface area contributed by atoms with Crippen molar-refractivity contribution in [2.45, 2.75) is 32.4 Å². The van der Waals surface area contributed by atoms with Crippen LogP contribution in [0.4, 0.5) is 10.1 Å². The van der Waals surface area contributed by atoms with Gasteiger partial charge in [-0.05, 0) is 67.4 Å². The summed E-state index contributed by atoms with van der Waals surface area (Å²) in [6, 6.07) is 20.6. The van der Waals surface area contributed by atoms with Crippen LogP contribution in [0.15, 0.2) is 79.1 Å². The summed E-state index contributed by atoms with van der Waals surface area (Å²) in [6.07, 6.45) is 1.70. The van der Waals surface area contributed by atoms with E-state index in [2.05, 4.69) is 15.4 Å². The monoisotopic (exact) mass is 483 g/mol. The zero-order chi connectivity index (χ0) is 25.2. The minimum atomic E-state index is -0.321. The molecule has 4 aromatic rings. The van der Waals surface area contributed by atoms with Crippen LogP contribution in [0.25, 0.3) is 0 Å². The second kappa shape index (κ2) is 9.73. The molecule has 2 amide bonds. The summed E-state index contributed by atoms with van der Waals surface area (Å²) in [6.45, 7) is 4.70. The van der Waals surface area contributed by atoms with Crippen LogP contribution in [-0.4, -0.2) is 33.1 Å². The Morgan fingerprint density at radius 1 is 1.03 bits per heavy atom. The summed E-state index contributed by atoms with van der Waals surface area (Å²) in [5.74, 6) is -0.349. The third kappa shape index (κ3) is 4.62. The fourth-order valence-corrected chi connectivity index (χ4v) is 4.33. The Bertz CT molecular complexity index is 1400. The van der Waals surface area contributed by atoms with Crippen molar-refractivity contribution in [2.24, 2.45) is 0 Å². The second-order valence-electron chi connectivity index (χ2n) is 9.09. The maximum Gasteiger partial charge on any atom is 0.258 e. The Morgan fingerprint density at radius 3 is 2.47 bits per heavy atom. The molecule has 3 aromatic carbocycles. The fourth-order valence-electron chi connectivity index (χ4n) is 4.33. The summed E-state index contributed by atoms with van der Waals surface area (Å²) in [4.78, 5) is 32.6. The molecule has 5 rings (SSSR count). The van der Waals surface area contributed by atoms with E-state index in [0.29, 0.717) is 23.5 Å². The summed E-state index contributed by atoms with van der Waals surface area (Å²) >= 11 is 0.